The minimum atomic E-state index is -0.333. The lowest BCUT2D eigenvalue weighted by Crippen LogP contribution is -2.54. The first-order valence-electron chi connectivity index (χ1n) is 11.9. The molecule has 2 amide bonds. The smallest absolute Gasteiger partial charge is 0.251 e. The third kappa shape index (κ3) is 7.03. The number of thioether (sulfide) groups is 1. The highest BCUT2D eigenvalue weighted by molar-refractivity contribution is 7.98. The molecule has 0 radical (unpaired) electrons. The molecule has 9 nitrogen and oxygen atoms in total. The van der Waals surface area contributed by atoms with Crippen LogP contribution in [0.15, 0.2) is 65.7 Å². The van der Waals surface area contributed by atoms with Crippen LogP contribution in [0.5, 0.6) is 5.75 Å². The number of amides is 2. The second-order valence-electron chi connectivity index (χ2n) is 8.77. The van der Waals surface area contributed by atoms with Gasteiger partial charge in [-0.05, 0) is 68.1 Å². The third-order valence-electron chi connectivity index (χ3n) is 6.25. The number of aromatic nitrogens is 1. The van der Waals surface area contributed by atoms with E-state index in [1.165, 1.54) is 30.1 Å². The Labute approximate surface area is 231 Å². The normalized spacial score (nSPS) is 17.0. The van der Waals surface area contributed by atoms with Crippen molar-refractivity contribution >= 4 is 47.6 Å². The Bertz CT molecular complexity index is 1300. The van der Waals surface area contributed by atoms with Gasteiger partial charge in [-0.15, -0.1) is 24.2 Å². The Balaban J connectivity index is 0.00000400. The minimum Gasteiger partial charge on any atom is -0.507 e. The standard InChI is InChI=1S/C27H29N5O4S.ClH/c1-37-19-8-9-23(33)20(14-19)25(34)16-4-6-17(7-5-16)26(35)31-21-3-2-11-29-15-22(21)32-27(36)18-10-12-30-24(28)13-18;/h4-10,12-14,21-22,29,33H,2-3,11,15H2,1H3,(H2,28,30)(H,31,35)(H,32,36);1H/t21-,22-;/m1./s1. The van der Waals surface area contributed by atoms with Crippen molar-refractivity contribution in [2.24, 2.45) is 0 Å². The van der Waals surface area contributed by atoms with Crippen LogP contribution in [0, 0.1) is 0 Å². The molecule has 0 unspecified atom stereocenters. The van der Waals surface area contributed by atoms with Gasteiger partial charge in [0, 0.05) is 34.3 Å². The number of anilines is 1. The topological polar surface area (TPSA) is 146 Å². The largest absolute Gasteiger partial charge is 0.507 e. The summed E-state index contributed by atoms with van der Waals surface area (Å²) in [6.45, 7) is 1.28. The number of pyridine rings is 1. The van der Waals surface area contributed by atoms with Gasteiger partial charge in [0.1, 0.15) is 11.6 Å². The van der Waals surface area contributed by atoms with Crippen LogP contribution in [0.2, 0.25) is 0 Å². The number of nitrogens with two attached hydrogens (primary N) is 1. The Morgan fingerprint density at radius 2 is 1.66 bits per heavy atom. The van der Waals surface area contributed by atoms with Crippen molar-refractivity contribution in [2.45, 2.75) is 29.8 Å². The van der Waals surface area contributed by atoms with E-state index in [0.29, 0.717) is 29.7 Å². The molecule has 0 saturated carbocycles. The molecule has 1 aliphatic rings. The fourth-order valence-corrected chi connectivity index (χ4v) is 4.66. The third-order valence-corrected chi connectivity index (χ3v) is 6.98. The quantitative estimate of drug-likeness (QED) is 0.221. The zero-order valence-corrected chi connectivity index (χ0v) is 22.4. The maximum Gasteiger partial charge on any atom is 0.251 e. The summed E-state index contributed by atoms with van der Waals surface area (Å²) in [7, 11) is 0. The van der Waals surface area contributed by atoms with Gasteiger partial charge in [-0.25, -0.2) is 4.98 Å². The van der Waals surface area contributed by atoms with E-state index in [1.54, 1.807) is 42.5 Å². The second kappa shape index (κ2) is 13.3. The first-order valence-corrected chi connectivity index (χ1v) is 13.1. The summed E-state index contributed by atoms with van der Waals surface area (Å²) in [5.74, 6) is -0.751. The van der Waals surface area contributed by atoms with Crippen LogP contribution in [-0.4, -0.2) is 59.1 Å². The van der Waals surface area contributed by atoms with Crippen LogP contribution in [0.3, 0.4) is 0 Å². The zero-order chi connectivity index (χ0) is 26.4. The fourth-order valence-electron chi connectivity index (χ4n) is 4.22. The highest BCUT2D eigenvalue weighted by Gasteiger charge is 2.27. The molecule has 38 heavy (non-hydrogen) atoms. The summed E-state index contributed by atoms with van der Waals surface area (Å²) in [6, 6.07) is 13.7. The number of phenols is 1. The van der Waals surface area contributed by atoms with E-state index in [9.17, 15) is 19.5 Å². The first kappa shape index (κ1) is 29.0. The summed E-state index contributed by atoms with van der Waals surface area (Å²) < 4.78 is 0. The van der Waals surface area contributed by atoms with Gasteiger partial charge in [-0.2, -0.15) is 0 Å². The van der Waals surface area contributed by atoms with E-state index in [2.05, 4.69) is 20.9 Å². The Hall–Kier alpha value is -3.60. The van der Waals surface area contributed by atoms with Crippen LogP contribution in [0.25, 0.3) is 0 Å². The molecule has 0 aliphatic carbocycles. The molecule has 2 heterocycles. The molecular weight excluding hydrogens is 526 g/mol. The lowest BCUT2D eigenvalue weighted by molar-refractivity contribution is 0.0882. The van der Waals surface area contributed by atoms with Crippen LogP contribution in [0.4, 0.5) is 5.82 Å². The van der Waals surface area contributed by atoms with Crippen LogP contribution in [-0.2, 0) is 0 Å². The molecule has 2 atom stereocenters. The van der Waals surface area contributed by atoms with Crippen molar-refractivity contribution < 1.29 is 19.5 Å². The van der Waals surface area contributed by atoms with Crippen molar-refractivity contribution in [3.8, 4) is 5.75 Å². The molecule has 1 aromatic heterocycles. The van der Waals surface area contributed by atoms with Crippen molar-refractivity contribution in [1.29, 1.82) is 0 Å². The molecule has 1 aliphatic heterocycles. The fraction of sp³-hybridized carbons (Fsp3) is 0.259. The van der Waals surface area contributed by atoms with Gasteiger partial charge in [-0.3, -0.25) is 14.4 Å². The average molecular weight is 556 g/mol. The van der Waals surface area contributed by atoms with Crippen LogP contribution in [0.1, 0.15) is 49.5 Å². The molecule has 2 aromatic carbocycles. The Morgan fingerprint density at radius 1 is 0.974 bits per heavy atom. The predicted octanol–water partition coefficient (Wildman–Crippen LogP) is 3.02. The van der Waals surface area contributed by atoms with E-state index < -0.39 is 0 Å². The molecule has 3 aromatic rings. The number of nitrogen functional groups attached to an aromatic ring is 1. The minimum absolute atomic E-state index is 0. The average Bonchev–Trinajstić information content (AvgIpc) is 3.13. The summed E-state index contributed by atoms with van der Waals surface area (Å²) in [5, 5.41) is 19.5. The highest BCUT2D eigenvalue weighted by atomic mass is 35.5. The van der Waals surface area contributed by atoms with Crippen LogP contribution >= 0.6 is 24.2 Å². The monoisotopic (exact) mass is 555 g/mol. The number of ketones is 1. The molecule has 1 fully saturated rings. The lowest BCUT2D eigenvalue weighted by Gasteiger charge is -2.27. The molecule has 0 bridgehead atoms. The molecular formula is C27H30ClN5O4S. The Morgan fingerprint density at radius 3 is 2.37 bits per heavy atom. The van der Waals surface area contributed by atoms with Crippen molar-refractivity contribution in [2.75, 3.05) is 25.1 Å². The van der Waals surface area contributed by atoms with Crippen molar-refractivity contribution in [3.05, 3.63) is 83.0 Å². The number of rotatable bonds is 7. The zero-order valence-electron chi connectivity index (χ0n) is 20.8. The van der Waals surface area contributed by atoms with Gasteiger partial charge < -0.3 is 26.8 Å². The molecule has 0 spiro atoms. The number of benzene rings is 2. The number of halogens is 1. The molecule has 11 heteroatoms. The van der Waals surface area contributed by atoms with Gasteiger partial charge in [0.05, 0.1) is 17.6 Å². The number of nitrogens with zero attached hydrogens (tertiary/aromatic N) is 1. The number of phenolic OH excluding ortho intramolecular Hbond substituents is 1. The summed E-state index contributed by atoms with van der Waals surface area (Å²) >= 11 is 1.48. The number of nitrogens with one attached hydrogen (secondary N) is 3. The molecule has 6 N–H and O–H groups in total. The van der Waals surface area contributed by atoms with Crippen LogP contribution < -0.4 is 21.7 Å². The van der Waals surface area contributed by atoms with Crippen molar-refractivity contribution in [3.63, 3.8) is 0 Å². The molecule has 4 rings (SSSR count). The van der Waals surface area contributed by atoms with Gasteiger partial charge >= 0.3 is 0 Å². The predicted molar refractivity (Wildman–Crippen MR) is 150 cm³/mol. The van der Waals surface area contributed by atoms with E-state index >= 15 is 0 Å². The number of aromatic hydroxyl groups is 1. The number of hydrogen-bond acceptors (Lipinski definition) is 8. The number of hydrogen-bond donors (Lipinski definition) is 5. The summed E-state index contributed by atoms with van der Waals surface area (Å²) in [6.07, 6.45) is 4.89. The van der Waals surface area contributed by atoms with E-state index in [0.717, 1.165) is 17.9 Å². The van der Waals surface area contributed by atoms with E-state index in [1.807, 2.05) is 6.26 Å². The lowest BCUT2D eigenvalue weighted by atomic mass is 10.00. The second-order valence-corrected chi connectivity index (χ2v) is 9.64. The Kier molecular flexibility index (Phi) is 10.1. The molecule has 200 valence electrons. The van der Waals surface area contributed by atoms with E-state index in [-0.39, 0.29) is 59.2 Å². The van der Waals surface area contributed by atoms with Crippen molar-refractivity contribution in [1.82, 2.24) is 20.9 Å². The number of carbonyl (C=O) groups excluding carboxylic acids is 3. The van der Waals surface area contributed by atoms with Gasteiger partial charge in [0.25, 0.3) is 11.8 Å². The number of carbonyl (C=O) groups is 3. The SMILES string of the molecule is CSc1ccc(O)c(C(=O)c2ccc(C(=O)N[C@@H]3CCCNC[C@H]3NC(=O)c3ccnc(N)c3)cc2)c1.Cl. The maximum absolute atomic E-state index is 13.1. The van der Waals surface area contributed by atoms with Gasteiger partial charge in [-0.1, -0.05) is 12.1 Å². The van der Waals surface area contributed by atoms with Gasteiger partial charge in [0.2, 0.25) is 0 Å². The highest BCUT2D eigenvalue weighted by Crippen LogP contribution is 2.26. The summed E-state index contributed by atoms with van der Waals surface area (Å²) in [4.78, 5) is 43.5. The van der Waals surface area contributed by atoms with E-state index in [4.69, 9.17) is 5.73 Å². The molecule has 1 saturated heterocycles. The summed E-state index contributed by atoms with van der Waals surface area (Å²) in [5.41, 5.74) is 7.07. The van der Waals surface area contributed by atoms with Gasteiger partial charge in [0.15, 0.2) is 5.78 Å². The first-order chi connectivity index (χ1) is 17.9. The maximum atomic E-state index is 13.1.